The number of nitrogens with one attached hydrogen (secondary N) is 1. The highest BCUT2D eigenvalue weighted by molar-refractivity contribution is 5.79. The lowest BCUT2D eigenvalue weighted by molar-refractivity contribution is -0.145. The van der Waals surface area contributed by atoms with Crippen molar-refractivity contribution in [2.75, 3.05) is 13.2 Å². The second kappa shape index (κ2) is 6.02. The average Bonchev–Trinajstić information content (AvgIpc) is 2.96. The molecule has 0 spiro atoms. The van der Waals surface area contributed by atoms with Gasteiger partial charge in [-0.25, -0.2) is 0 Å². The van der Waals surface area contributed by atoms with E-state index in [0.29, 0.717) is 25.3 Å². The fourth-order valence-electron chi connectivity index (χ4n) is 3.36. The summed E-state index contributed by atoms with van der Waals surface area (Å²) in [7, 11) is 0. The van der Waals surface area contributed by atoms with Crippen molar-refractivity contribution in [1.29, 1.82) is 0 Å². The van der Waals surface area contributed by atoms with Crippen LogP contribution in [-0.4, -0.2) is 35.9 Å². The Balaban J connectivity index is 1.80. The molecule has 0 aliphatic heterocycles. The molecule has 0 saturated heterocycles. The number of ether oxygens (including phenoxy) is 1. The van der Waals surface area contributed by atoms with Crippen LogP contribution < -0.4 is 5.32 Å². The molecule has 0 heterocycles. The van der Waals surface area contributed by atoms with E-state index in [1.807, 2.05) is 6.92 Å². The molecule has 2 aliphatic rings. The summed E-state index contributed by atoms with van der Waals surface area (Å²) in [5, 5.41) is 12.5. The molecule has 0 amide bonds. The zero-order chi connectivity index (χ0) is 13.0. The first-order valence-electron chi connectivity index (χ1n) is 7.26. The molecular formula is C14H25NO3. The molecule has 2 unspecified atom stereocenters. The third-order valence-corrected chi connectivity index (χ3v) is 4.44. The number of likely N-dealkylation sites (N-methyl/N-ethyl adjacent to an activating group) is 1. The second-order valence-electron chi connectivity index (χ2n) is 5.77. The number of carboxylic acids is 1. The Morgan fingerprint density at radius 1 is 1.39 bits per heavy atom. The highest BCUT2D eigenvalue weighted by Gasteiger charge is 2.45. The number of hydrogen-bond donors (Lipinski definition) is 2. The average molecular weight is 255 g/mol. The van der Waals surface area contributed by atoms with Gasteiger partial charge < -0.3 is 15.2 Å². The zero-order valence-electron chi connectivity index (χ0n) is 11.3. The lowest BCUT2D eigenvalue weighted by Gasteiger charge is -2.25. The van der Waals surface area contributed by atoms with Gasteiger partial charge in [0.05, 0.1) is 6.10 Å². The van der Waals surface area contributed by atoms with Gasteiger partial charge in [-0.15, -0.1) is 0 Å². The van der Waals surface area contributed by atoms with Crippen molar-refractivity contribution < 1.29 is 14.6 Å². The van der Waals surface area contributed by atoms with Gasteiger partial charge in [0.15, 0.2) is 0 Å². The fraction of sp³-hybridized carbons (Fsp3) is 0.929. The van der Waals surface area contributed by atoms with Crippen molar-refractivity contribution in [3.8, 4) is 0 Å². The summed E-state index contributed by atoms with van der Waals surface area (Å²) < 4.78 is 5.94. The highest BCUT2D eigenvalue weighted by Crippen LogP contribution is 2.33. The van der Waals surface area contributed by atoms with Crippen LogP contribution in [0.1, 0.15) is 51.9 Å². The Morgan fingerprint density at radius 3 is 2.72 bits per heavy atom. The number of aliphatic carboxylic acids is 1. The van der Waals surface area contributed by atoms with E-state index in [1.54, 1.807) is 0 Å². The van der Waals surface area contributed by atoms with Crippen LogP contribution in [0, 0.1) is 5.92 Å². The van der Waals surface area contributed by atoms with Gasteiger partial charge in [0.25, 0.3) is 0 Å². The number of carboxylic acid groups (broad SMARTS) is 1. The number of hydrogen-bond acceptors (Lipinski definition) is 3. The van der Waals surface area contributed by atoms with Gasteiger partial charge in [-0.3, -0.25) is 4.79 Å². The molecule has 0 bridgehead atoms. The Kier molecular flexibility index (Phi) is 4.62. The molecule has 2 atom stereocenters. The van der Waals surface area contributed by atoms with Crippen LogP contribution in [0.5, 0.6) is 0 Å². The van der Waals surface area contributed by atoms with Crippen molar-refractivity contribution in [1.82, 2.24) is 5.32 Å². The van der Waals surface area contributed by atoms with Crippen LogP contribution >= 0.6 is 0 Å². The van der Waals surface area contributed by atoms with Gasteiger partial charge in [0, 0.05) is 13.0 Å². The van der Waals surface area contributed by atoms with Crippen molar-refractivity contribution >= 4 is 5.97 Å². The molecular weight excluding hydrogens is 230 g/mol. The minimum absolute atomic E-state index is 0.126. The Labute approximate surface area is 109 Å². The lowest BCUT2D eigenvalue weighted by Crippen LogP contribution is -2.50. The van der Waals surface area contributed by atoms with Crippen molar-refractivity contribution in [3.05, 3.63) is 0 Å². The van der Waals surface area contributed by atoms with Crippen LogP contribution in [0.2, 0.25) is 0 Å². The van der Waals surface area contributed by atoms with E-state index >= 15 is 0 Å². The Bertz CT molecular complexity index is 289. The van der Waals surface area contributed by atoms with Gasteiger partial charge >= 0.3 is 5.97 Å². The van der Waals surface area contributed by atoms with Crippen LogP contribution in [0.25, 0.3) is 0 Å². The molecule has 18 heavy (non-hydrogen) atoms. The van der Waals surface area contributed by atoms with Crippen molar-refractivity contribution in [3.63, 3.8) is 0 Å². The third-order valence-electron chi connectivity index (χ3n) is 4.44. The van der Waals surface area contributed by atoms with E-state index in [9.17, 15) is 9.90 Å². The number of carbonyl (C=O) groups is 1. The Morgan fingerprint density at radius 2 is 2.11 bits per heavy atom. The van der Waals surface area contributed by atoms with Crippen LogP contribution in [0.15, 0.2) is 0 Å². The molecule has 2 rings (SSSR count). The molecule has 0 aromatic rings. The molecule has 2 saturated carbocycles. The minimum Gasteiger partial charge on any atom is -0.480 e. The maximum absolute atomic E-state index is 11.4. The standard InChI is InChI=1S/C14H25NO3/c1-2-15-14(13(16)17)8-7-12(9-14)18-10-11-5-3-4-6-11/h11-12,15H,2-10H2,1H3,(H,16,17). The lowest BCUT2D eigenvalue weighted by atomic mass is 9.98. The first-order chi connectivity index (χ1) is 8.66. The van der Waals surface area contributed by atoms with Crippen LogP contribution in [0.3, 0.4) is 0 Å². The first-order valence-corrected chi connectivity index (χ1v) is 7.26. The van der Waals surface area contributed by atoms with E-state index in [0.717, 1.165) is 13.0 Å². The van der Waals surface area contributed by atoms with E-state index < -0.39 is 11.5 Å². The SMILES string of the molecule is CCNC1(C(=O)O)CCC(OCC2CCCC2)C1. The topological polar surface area (TPSA) is 58.6 Å². The monoisotopic (exact) mass is 255 g/mol. The van der Waals surface area contributed by atoms with Crippen LogP contribution in [-0.2, 0) is 9.53 Å². The molecule has 2 fully saturated rings. The van der Waals surface area contributed by atoms with Gasteiger partial charge in [-0.1, -0.05) is 19.8 Å². The largest absolute Gasteiger partial charge is 0.480 e. The molecule has 4 nitrogen and oxygen atoms in total. The molecule has 0 radical (unpaired) electrons. The molecule has 0 aromatic carbocycles. The summed E-state index contributed by atoms with van der Waals surface area (Å²) >= 11 is 0. The maximum Gasteiger partial charge on any atom is 0.323 e. The molecule has 2 N–H and O–H groups in total. The summed E-state index contributed by atoms with van der Waals surface area (Å²) in [5.74, 6) is -0.0136. The van der Waals surface area contributed by atoms with Crippen molar-refractivity contribution in [2.24, 2.45) is 5.92 Å². The zero-order valence-corrected chi connectivity index (χ0v) is 11.3. The Hall–Kier alpha value is -0.610. The van der Waals surface area contributed by atoms with Gasteiger partial charge in [-0.05, 0) is 38.1 Å². The third kappa shape index (κ3) is 3.04. The normalized spacial score (nSPS) is 33.1. The molecule has 0 aromatic heterocycles. The number of rotatable bonds is 6. The second-order valence-corrected chi connectivity index (χ2v) is 5.77. The predicted octanol–water partition coefficient (Wildman–Crippen LogP) is 2.18. The minimum atomic E-state index is -0.741. The first kappa shape index (κ1) is 13.8. The van der Waals surface area contributed by atoms with Crippen molar-refractivity contribution in [2.45, 2.75) is 63.5 Å². The fourth-order valence-corrected chi connectivity index (χ4v) is 3.36. The molecule has 104 valence electrons. The molecule has 2 aliphatic carbocycles. The van der Waals surface area contributed by atoms with E-state index in [2.05, 4.69) is 5.32 Å². The van der Waals surface area contributed by atoms with Gasteiger partial charge in [0.2, 0.25) is 0 Å². The smallest absolute Gasteiger partial charge is 0.323 e. The van der Waals surface area contributed by atoms with Gasteiger partial charge in [0.1, 0.15) is 5.54 Å². The van der Waals surface area contributed by atoms with E-state index in [1.165, 1.54) is 25.7 Å². The molecule has 4 heteroatoms. The predicted molar refractivity (Wildman–Crippen MR) is 69.6 cm³/mol. The highest BCUT2D eigenvalue weighted by atomic mass is 16.5. The van der Waals surface area contributed by atoms with E-state index in [-0.39, 0.29) is 6.10 Å². The summed E-state index contributed by atoms with van der Waals surface area (Å²) in [6, 6.07) is 0. The summed E-state index contributed by atoms with van der Waals surface area (Å²) in [6.45, 7) is 3.48. The quantitative estimate of drug-likeness (QED) is 0.763. The maximum atomic E-state index is 11.4. The summed E-state index contributed by atoms with van der Waals surface area (Å²) in [4.78, 5) is 11.4. The summed E-state index contributed by atoms with van der Waals surface area (Å²) in [6.07, 6.45) is 7.51. The van der Waals surface area contributed by atoms with E-state index in [4.69, 9.17) is 4.74 Å². The summed E-state index contributed by atoms with van der Waals surface area (Å²) in [5.41, 5.74) is -0.741. The van der Waals surface area contributed by atoms with Gasteiger partial charge in [-0.2, -0.15) is 0 Å². The van der Waals surface area contributed by atoms with Crippen LogP contribution in [0.4, 0.5) is 0 Å².